The highest BCUT2D eigenvalue weighted by Crippen LogP contribution is 2.34. The highest BCUT2D eigenvalue weighted by Gasteiger charge is 2.47. The van der Waals surface area contributed by atoms with Gasteiger partial charge in [-0.2, -0.15) is 0 Å². The fraction of sp³-hybridized carbons (Fsp3) is 0.273. The molecule has 5 nitrogen and oxygen atoms in total. The molecule has 0 amide bonds. The molecular formula is C33H34O5S. The molecule has 4 aromatic carbocycles. The Bertz CT molecular complexity index is 1230. The van der Waals surface area contributed by atoms with Crippen molar-refractivity contribution in [1.82, 2.24) is 0 Å². The fourth-order valence-corrected chi connectivity index (χ4v) is 5.15. The molecule has 5 rings (SSSR count). The van der Waals surface area contributed by atoms with Crippen LogP contribution in [0.5, 0.6) is 0 Å². The zero-order chi connectivity index (χ0) is 26.7. The maximum atomic E-state index is 6.60. The third-order valence-corrected chi connectivity index (χ3v) is 7.32. The molecule has 0 N–H and O–H groups in total. The largest absolute Gasteiger partial charge is 0.368 e. The van der Waals surface area contributed by atoms with Gasteiger partial charge in [-0.05, 0) is 35.7 Å². The molecule has 0 aromatic heterocycles. The van der Waals surface area contributed by atoms with Crippen LogP contribution in [0.1, 0.15) is 23.6 Å². The van der Waals surface area contributed by atoms with Crippen LogP contribution in [0.25, 0.3) is 0 Å². The number of benzene rings is 4. The maximum Gasteiger partial charge on any atom is 0.200 e. The Kier molecular flexibility index (Phi) is 10.2. The van der Waals surface area contributed by atoms with Crippen LogP contribution in [0, 0.1) is 0 Å². The van der Waals surface area contributed by atoms with Crippen LogP contribution in [0.3, 0.4) is 0 Å². The van der Waals surface area contributed by atoms with Gasteiger partial charge in [0.15, 0.2) is 6.29 Å². The molecule has 1 aliphatic rings. The van der Waals surface area contributed by atoms with Crippen LogP contribution in [0.4, 0.5) is 0 Å². The second-order valence-corrected chi connectivity index (χ2v) is 10.3. The van der Waals surface area contributed by atoms with Crippen LogP contribution in [-0.4, -0.2) is 30.7 Å². The zero-order valence-electron chi connectivity index (χ0n) is 22.0. The summed E-state index contributed by atoms with van der Waals surface area (Å²) in [5.74, 6) is 0. The van der Waals surface area contributed by atoms with Crippen LogP contribution >= 0.6 is 12.0 Å². The van der Waals surface area contributed by atoms with Gasteiger partial charge < -0.3 is 18.9 Å². The summed E-state index contributed by atoms with van der Waals surface area (Å²) in [6.45, 7) is 3.27. The van der Waals surface area contributed by atoms with E-state index in [-0.39, 0.29) is 12.2 Å². The molecule has 6 heteroatoms. The van der Waals surface area contributed by atoms with Crippen molar-refractivity contribution in [3.05, 3.63) is 138 Å². The summed E-state index contributed by atoms with van der Waals surface area (Å²) in [5, 5.41) is 0. The van der Waals surface area contributed by atoms with Gasteiger partial charge in [-0.1, -0.05) is 109 Å². The van der Waals surface area contributed by atoms with Gasteiger partial charge in [0.2, 0.25) is 0 Å². The van der Waals surface area contributed by atoms with Gasteiger partial charge in [-0.3, -0.25) is 4.18 Å². The van der Waals surface area contributed by atoms with Gasteiger partial charge in [0.25, 0.3) is 0 Å². The maximum absolute atomic E-state index is 6.60. The summed E-state index contributed by atoms with van der Waals surface area (Å²) in [6, 6.07) is 40.3. The Morgan fingerprint density at radius 1 is 0.538 bits per heavy atom. The number of hydrogen-bond acceptors (Lipinski definition) is 6. The monoisotopic (exact) mass is 542 g/mol. The van der Waals surface area contributed by atoms with Gasteiger partial charge in [-0.25, -0.2) is 0 Å². The average molecular weight is 543 g/mol. The first-order chi connectivity index (χ1) is 19.3. The van der Waals surface area contributed by atoms with Gasteiger partial charge in [0, 0.05) is 16.9 Å². The molecular weight excluding hydrogens is 508 g/mol. The van der Waals surface area contributed by atoms with E-state index in [9.17, 15) is 0 Å². The first kappa shape index (κ1) is 27.6. The number of hydrogen-bond donors (Lipinski definition) is 0. The van der Waals surface area contributed by atoms with Crippen molar-refractivity contribution in [2.75, 3.05) is 0 Å². The SMILES string of the molecule is C[C@@H]1O[C@@H](OSc2ccccc2)[C@@H](OCc2ccccc2)[C@H](OCc2ccccc2)[C@@H]1OCc1ccccc1. The van der Waals surface area contributed by atoms with E-state index >= 15 is 0 Å². The van der Waals surface area contributed by atoms with Crippen LogP contribution in [0.2, 0.25) is 0 Å². The molecule has 1 fully saturated rings. The summed E-state index contributed by atoms with van der Waals surface area (Å²) >= 11 is 1.28. The lowest BCUT2D eigenvalue weighted by atomic mass is 9.98. The second-order valence-electron chi connectivity index (χ2n) is 9.49. The molecule has 1 heterocycles. The van der Waals surface area contributed by atoms with Crippen molar-refractivity contribution in [2.24, 2.45) is 0 Å². The summed E-state index contributed by atoms with van der Waals surface area (Å²) in [6.07, 6.45) is -2.26. The Morgan fingerprint density at radius 3 is 1.44 bits per heavy atom. The number of ether oxygens (including phenoxy) is 4. The minimum atomic E-state index is -0.661. The van der Waals surface area contributed by atoms with Gasteiger partial charge in [0.05, 0.1) is 25.9 Å². The molecule has 202 valence electrons. The van der Waals surface area contributed by atoms with E-state index in [1.807, 2.05) is 104 Å². The van der Waals surface area contributed by atoms with Crippen molar-refractivity contribution in [2.45, 2.75) is 62.3 Å². The normalized spacial score (nSPS) is 22.9. The Morgan fingerprint density at radius 2 is 0.949 bits per heavy atom. The predicted molar refractivity (Wildman–Crippen MR) is 153 cm³/mol. The van der Waals surface area contributed by atoms with E-state index in [2.05, 4.69) is 24.3 Å². The van der Waals surface area contributed by atoms with E-state index in [0.29, 0.717) is 19.8 Å². The lowest BCUT2D eigenvalue weighted by Gasteiger charge is -2.44. The summed E-state index contributed by atoms with van der Waals surface area (Å²) in [5.41, 5.74) is 3.23. The van der Waals surface area contributed by atoms with Crippen molar-refractivity contribution in [3.8, 4) is 0 Å². The first-order valence-electron chi connectivity index (χ1n) is 13.3. The molecule has 4 aromatic rings. The molecule has 0 unspecified atom stereocenters. The van der Waals surface area contributed by atoms with E-state index < -0.39 is 18.5 Å². The summed E-state index contributed by atoms with van der Waals surface area (Å²) < 4.78 is 32.3. The lowest BCUT2D eigenvalue weighted by Crippen LogP contribution is -2.59. The highest BCUT2D eigenvalue weighted by molar-refractivity contribution is 7.94. The van der Waals surface area contributed by atoms with Crippen molar-refractivity contribution < 1.29 is 23.1 Å². The van der Waals surface area contributed by atoms with Crippen molar-refractivity contribution >= 4 is 12.0 Å². The standard InChI is InChI=1S/C33H34O5S/c1-25-30(34-22-26-14-6-2-7-15-26)31(35-23-27-16-8-3-9-17-27)32(36-24-28-18-10-4-11-19-28)33(37-25)38-39-29-20-12-5-13-21-29/h2-21,25,30-33H,22-24H2,1H3/t25-,30+,31+,32-,33-/m0/s1. The second kappa shape index (κ2) is 14.4. The van der Waals surface area contributed by atoms with E-state index in [1.165, 1.54) is 12.0 Å². The van der Waals surface area contributed by atoms with Crippen LogP contribution in [0.15, 0.2) is 126 Å². The molecule has 0 radical (unpaired) electrons. The number of rotatable bonds is 12. The zero-order valence-corrected chi connectivity index (χ0v) is 22.8. The minimum absolute atomic E-state index is 0.285. The lowest BCUT2D eigenvalue weighted by molar-refractivity contribution is -0.298. The van der Waals surface area contributed by atoms with E-state index in [1.54, 1.807) is 0 Å². The molecule has 0 aliphatic carbocycles. The molecule has 1 saturated heterocycles. The molecule has 0 spiro atoms. The Labute approximate surface area is 235 Å². The molecule has 0 bridgehead atoms. The quantitative estimate of drug-likeness (QED) is 0.176. The third kappa shape index (κ3) is 8.02. The first-order valence-corrected chi connectivity index (χ1v) is 14.0. The fourth-order valence-electron chi connectivity index (χ4n) is 4.53. The molecule has 39 heavy (non-hydrogen) atoms. The Hall–Kier alpha value is -2.97. The highest BCUT2D eigenvalue weighted by atomic mass is 32.2. The van der Waals surface area contributed by atoms with Gasteiger partial charge >= 0.3 is 0 Å². The summed E-state index contributed by atoms with van der Waals surface area (Å²) in [7, 11) is 0. The van der Waals surface area contributed by atoms with E-state index in [0.717, 1.165) is 21.6 Å². The molecule has 0 saturated carbocycles. The van der Waals surface area contributed by atoms with E-state index in [4.69, 9.17) is 23.1 Å². The summed E-state index contributed by atoms with van der Waals surface area (Å²) in [4.78, 5) is 0.986. The van der Waals surface area contributed by atoms with Crippen LogP contribution in [-0.2, 0) is 43.0 Å². The van der Waals surface area contributed by atoms with Crippen LogP contribution < -0.4 is 0 Å². The smallest absolute Gasteiger partial charge is 0.200 e. The predicted octanol–water partition coefficient (Wildman–Crippen LogP) is 7.21. The third-order valence-electron chi connectivity index (χ3n) is 6.57. The average Bonchev–Trinajstić information content (AvgIpc) is 3.00. The molecule has 5 atom stereocenters. The van der Waals surface area contributed by atoms with Gasteiger partial charge in [-0.15, -0.1) is 0 Å². The van der Waals surface area contributed by atoms with Crippen molar-refractivity contribution in [3.63, 3.8) is 0 Å². The van der Waals surface area contributed by atoms with Crippen molar-refractivity contribution in [1.29, 1.82) is 0 Å². The van der Waals surface area contributed by atoms with Gasteiger partial charge in [0.1, 0.15) is 18.3 Å². The topological polar surface area (TPSA) is 46.2 Å². The Balaban J connectivity index is 1.38. The molecule has 1 aliphatic heterocycles. The minimum Gasteiger partial charge on any atom is -0.368 e.